The van der Waals surface area contributed by atoms with Crippen molar-refractivity contribution in [3.8, 4) is 11.8 Å². The van der Waals surface area contributed by atoms with Crippen LogP contribution in [0.1, 0.15) is 51.9 Å². The van der Waals surface area contributed by atoms with Gasteiger partial charge in [0.25, 0.3) is 5.91 Å². The standard InChI is InChI=1S/C30H24F2N6O3/c1-17(19-7-9-23(31)24(32)12-19)35-30(40)28-29(34-15-21(14-33)36-28)38-26(18-5-3-2-4-6-18)16-41-22-8-10-25-20(11-22)13-27(39)37-25/h2-12,15,17,26H,13,16H2,1H3,(H,34,38)(H,35,40)(H,37,39)/t17-,26-/m0/s1. The highest BCUT2D eigenvalue weighted by atomic mass is 19.2. The number of hydrogen-bond donors (Lipinski definition) is 3. The summed E-state index contributed by atoms with van der Waals surface area (Å²) in [5.41, 5.74) is 2.54. The van der Waals surface area contributed by atoms with Gasteiger partial charge in [-0.1, -0.05) is 36.4 Å². The van der Waals surface area contributed by atoms with Gasteiger partial charge in [0.2, 0.25) is 5.91 Å². The first kappa shape index (κ1) is 27.2. The molecule has 2 atom stereocenters. The molecule has 2 heterocycles. The van der Waals surface area contributed by atoms with Crippen molar-refractivity contribution in [2.24, 2.45) is 0 Å². The van der Waals surface area contributed by atoms with Crippen LogP contribution in [0.3, 0.4) is 0 Å². The molecule has 41 heavy (non-hydrogen) atoms. The first-order chi connectivity index (χ1) is 19.8. The number of carbonyl (C=O) groups excluding carboxylic acids is 2. The number of hydrogen-bond acceptors (Lipinski definition) is 7. The Morgan fingerprint density at radius 3 is 2.66 bits per heavy atom. The van der Waals surface area contributed by atoms with Crippen molar-refractivity contribution in [3.05, 3.63) is 113 Å². The molecule has 3 N–H and O–H groups in total. The minimum absolute atomic E-state index is 0.0741. The summed E-state index contributed by atoms with van der Waals surface area (Å²) in [5.74, 6) is -2.12. The fraction of sp³-hybridized carbons (Fsp3) is 0.167. The van der Waals surface area contributed by atoms with Gasteiger partial charge in [0, 0.05) is 5.69 Å². The van der Waals surface area contributed by atoms with E-state index in [4.69, 9.17) is 4.74 Å². The fourth-order valence-corrected chi connectivity index (χ4v) is 4.38. The molecule has 5 rings (SSSR count). The summed E-state index contributed by atoms with van der Waals surface area (Å²) in [5, 5.41) is 18.1. The summed E-state index contributed by atoms with van der Waals surface area (Å²) < 4.78 is 33.2. The molecule has 2 amide bonds. The molecular weight excluding hydrogens is 530 g/mol. The van der Waals surface area contributed by atoms with Gasteiger partial charge < -0.3 is 20.7 Å². The number of nitrogens with zero attached hydrogens (tertiary/aromatic N) is 3. The van der Waals surface area contributed by atoms with Crippen LogP contribution in [0.5, 0.6) is 5.75 Å². The number of nitriles is 1. The Hall–Kier alpha value is -5.37. The van der Waals surface area contributed by atoms with Gasteiger partial charge in [-0.2, -0.15) is 5.26 Å². The topological polar surface area (TPSA) is 129 Å². The summed E-state index contributed by atoms with van der Waals surface area (Å²) in [6.07, 6.45) is 1.51. The van der Waals surface area contributed by atoms with Crippen LogP contribution in [0, 0.1) is 23.0 Å². The zero-order valence-corrected chi connectivity index (χ0v) is 21.8. The molecule has 0 fully saturated rings. The van der Waals surface area contributed by atoms with Gasteiger partial charge in [0.15, 0.2) is 28.8 Å². The summed E-state index contributed by atoms with van der Waals surface area (Å²) in [6.45, 7) is 1.73. The predicted molar refractivity (Wildman–Crippen MR) is 146 cm³/mol. The predicted octanol–water partition coefficient (Wildman–Crippen LogP) is 4.84. The molecule has 206 valence electrons. The number of nitrogens with one attached hydrogen (secondary N) is 3. The monoisotopic (exact) mass is 554 g/mol. The Labute approximate surface area is 234 Å². The van der Waals surface area contributed by atoms with E-state index in [0.29, 0.717) is 11.3 Å². The summed E-state index contributed by atoms with van der Waals surface area (Å²) in [6, 6.07) is 18.7. The maximum atomic E-state index is 13.8. The molecule has 1 aromatic heterocycles. The van der Waals surface area contributed by atoms with Crippen molar-refractivity contribution in [2.45, 2.75) is 25.4 Å². The number of halogens is 2. The Morgan fingerprint density at radius 1 is 1.10 bits per heavy atom. The van der Waals surface area contributed by atoms with E-state index in [1.54, 1.807) is 25.1 Å². The van der Waals surface area contributed by atoms with E-state index in [0.717, 1.165) is 28.9 Å². The van der Waals surface area contributed by atoms with Crippen molar-refractivity contribution in [1.29, 1.82) is 5.26 Å². The van der Waals surface area contributed by atoms with E-state index in [9.17, 15) is 23.6 Å². The van der Waals surface area contributed by atoms with Crippen LogP contribution in [0.2, 0.25) is 0 Å². The van der Waals surface area contributed by atoms with Crippen molar-refractivity contribution in [3.63, 3.8) is 0 Å². The molecule has 0 saturated heterocycles. The number of amides is 2. The molecule has 11 heteroatoms. The molecule has 0 aliphatic carbocycles. The van der Waals surface area contributed by atoms with Crippen LogP contribution in [0.4, 0.5) is 20.3 Å². The molecule has 4 aromatic rings. The minimum Gasteiger partial charge on any atom is -0.491 e. The second kappa shape index (κ2) is 11.8. The van der Waals surface area contributed by atoms with Gasteiger partial charge >= 0.3 is 0 Å². The maximum Gasteiger partial charge on any atom is 0.274 e. The molecule has 0 spiro atoms. The number of rotatable bonds is 9. The second-order valence-electron chi connectivity index (χ2n) is 9.40. The highest BCUT2D eigenvalue weighted by Gasteiger charge is 2.23. The van der Waals surface area contributed by atoms with Crippen molar-refractivity contribution in [1.82, 2.24) is 15.3 Å². The van der Waals surface area contributed by atoms with E-state index in [1.165, 1.54) is 12.3 Å². The van der Waals surface area contributed by atoms with Gasteiger partial charge in [0.05, 0.1) is 24.7 Å². The summed E-state index contributed by atoms with van der Waals surface area (Å²) >= 11 is 0. The highest BCUT2D eigenvalue weighted by molar-refractivity contribution is 5.99. The van der Waals surface area contributed by atoms with Crippen LogP contribution in [0.15, 0.2) is 72.9 Å². The summed E-state index contributed by atoms with van der Waals surface area (Å²) in [4.78, 5) is 33.5. The average Bonchev–Trinajstić information content (AvgIpc) is 3.36. The Morgan fingerprint density at radius 2 is 1.90 bits per heavy atom. The Bertz CT molecular complexity index is 1660. The van der Waals surface area contributed by atoms with Gasteiger partial charge in [0.1, 0.15) is 18.4 Å². The van der Waals surface area contributed by atoms with Crippen LogP contribution in [0.25, 0.3) is 0 Å². The van der Waals surface area contributed by atoms with Gasteiger partial charge in [-0.25, -0.2) is 18.7 Å². The van der Waals surface area contributed by atoms with E-state index >= 15 is 0 Å². The lowest BCUT2D eigenvalue weighted by Crippen LogP contribution is -2.30. The molecule has 1 aliphatic heterocycles. The molecule has 9 nitrogen and oxygen atoms in total. The minimum atomic E-state index is -1.03. The van der Waals surface area contributed by atoms with Gasteiger partial charge in [-0.05, 0) is 53.9 Å². The van der Waals surface area contributed by atoms with Crippen LogP contribution in [-0.2, 0) is 11.2 Å². The van der Waals surface area contributed by atoms with Crippen molar-refractivity contribution in [2.75, 3.05) is 17.2 Å². The first-order valence-corrected chi connectivity index (χ1v) is 12.7. The quantitative estimate of drug-likeness (QED) is 0.270. The third kappa shape index (κ3) is 6.28. The molecule has 0 radical (unpaired) electrons. The van der Waals surface area contributed by atoms with Crippen LogP contribution in [-0.4, -0.2) is 28.4 Å². The van der Waals surface area contributed by atoms with Crippen LogP contribution < -0.4 is 20.7 Å². The largest absolute Gasteiger partial charge is 0.491 e. The first-order valence-electron chi connectivity index (χ1n) is 12.7. The van der Waals surface area contributed by atoms with Crippen molar-refractivity contribution >= 4 is 23.3 Å². The lowest BCUT2D eigenvalue weighted by molar-refractivity contribution is -0.115. The number of ether oxygens (including phenoxy) is 1. The highest BCUT2D eigenvalue weighted by Crippen LogP contribution is 2.29. The van der Waals surface area contributed by atoms with E-state index in [2.05, 4.69) is 25.9 Å². The molecule has 0 unspecified atom stereocenters. The van der Waals surface area contributed by atoms with Gasteiger partial charge in [-0.15, -0.1) is 0 Å². The smallest absolute Gasteiger partial charge is 0.274 e. The lowest BCUT2D eigenvalue weighted by Gasteiger charge is -2.22. The SMILES string of the molecule is C[C@H](NC(=O)c1nc(C#N)cnc1N[C@@H](COc1ccc2c(c1)CC(=O)N2)c1ccccc1)c1ccc(F)c(F)c1. The molecule has 0 saturated carbocycles. The lowest BCUT2D eigenvalue weighted by atomic mass is 10.1. The zero-order chi connectivity index (χ0) is 28.9. The Balaban J connectivity index is 1.39. The molecule has 1 aliphatic rings. The van der Waals surface area contributed by atoms with Crippen molar-refractivity contribution < 1.29 is 23.1 Å². The van der Waals surface area contributed by atoms with E-state index in [-0.39, 0.29) is 36.1 Å². The molecule has 0 bridgehead atoms. The number of fused-ring (bicyclic) bond motifs is 1. The van der Waals surface area contributed by atoms with Gasteiger partial charge in [-0.3, -0.25) is 9.59 Å². The number of carbonyl (C=O) groups is 2. The zero-order valence-electron chi connectivity index (χ0n) is 21.8. The van der Waals surface area contributed by atoms with E-state index in [1.807, 2.05) is 36.4 Å². The third-order valence-electron chi connectivity index (χ3n) is 6.52. The Kier molecular flexibility index (Phi) is 7.83. The normalized spacial score (nSPS) is 13.4. The summed E-state index contributed by atoms with van der Waals surface area (Å²) in [7, 11) is 0. The molecular formula is C30H24F2N6O3. The maximum absolute atomic E-state index is 13.8. The number of benzene rings is 3. The van der Waals surface area contributed by atoms with E-state index < -0.39 is 29.6 Å². The number of aromatic nitrogens is 2. The third-order valence-corrected chi connectivity index (χ3v) is 6.52. The number of anilines is 2. The molecule has 3 aromatic carbocycles. The average molecular weight is 555 g/mol. The fourth-order valence-electron chi connectivity index (χ4n) is 4.38. The second-order valence-corrected chi connectivity index (χ2v) is 9.40. The van der Waals surface area contributed by atoms with Crippen LogP contribution >= 0.6 is 0 Å².